The van der Waals surface area contributed by atoms with Crippen molar-refractivity contribution in [2.24, 2.45) is 17.8 Å². The predicted molar refractivity (Wildman–Crippen MR) is 87.5 cm³/mol. The Labute approximate surface area is 140 Å². The molecule has 4 saturated carbocycles. The molecule has 1 amide bonds. The quantitative estimate of drug-likeness (QED) is 0.941. The number of amides is 1. The van der Waals surface area contributed by atoms with E-state index in [1.165, 1.54) is 38.5 Å². The van der Waals surface area contributed by atoms with E-state index in [1.54, 1.807) is 11.0 Å². The number of hydrogen-bond donors (Lipinski definition) is 1. The number of tetrazole rings is 1. The van der Waals surface area contributed by atoms with Crippen LogP contribution in [0.15, 0.2) is 30.6 Å². The first-order chi connectivity index (χ1) is 11.7. The molecule has 4 bridgehead atoms. The van der Waals surface area contributed by atoms with Gasteiger partial charge in [0.15, 0.2) is 0 Å². The molecule has 2 aromatic rings. The van der Waals surface area contributed by atoms with Gasteiger partial charge in [-0.3, -0.25) is 4.79 Å². The number of benzene rings is 1. The van der Waals surface area contributed by atoms with Gasteiger partial charge in [0, 0.05) is 11.1 Å². The molecule has 4 fully saturated rings. The molecule has 1 N–H and O–H groups in total. The highest BCUT2D eigenvalue weighted by Crippen LogP contribution is 2.55. The normalized spacial score (nSPS) is 33.6. The molecule has 6 rings (SSSR count). The van der Waals surface area contributed by atoms with Gasteiger partial charge < -0.3 is 5.32 Å². The van der Waals surface area contributed by atoms with E-state index in [0.717, 1.165) is 23.4 Å². The van der Waals surface area contributed by atoms with E-state index in [1.807, 2.05) is 24.3 Å². The van der Waals surface area contributed by atoms with Crippen LogP contribution in [0.2, 0.25) is 0 Å². The van der Waals surface area contributed by atoms with E-state index in [0.29, 0.717) is 5.56 Å². The number of nitrogens with zero attached hydrogens (tertiary/aromatic N) is 4. The Morgan fingerprint density at radius 2 is 1.67 bits per heavy atom. The van der Waals surface area contributed by atoms with Crippen molar-refractivity contribution in [2.75, 3.05) is 0 Å². The van der Waals surface area contributed by atoms with Crippen LogP contribution in [0.25, 0.3) is 5.69 Å². The van der Waals surface area contributed by atoms with Crippen LogP contribution in [-0.2, 0) is 0 Å². The van der Waals surface area contributed by atoms with Gasteiger partial charge in [0.25, 0.3) is 5.91 Å². The third kappa shape index (κ3) is 2.32. The average Bonchev–Trinajstić information content (AvgIpc) is 3.07. The summed E-state index contributed by atoms with van der Waals surface area (Å²) in [6.07, 6.45) is 9.22. The highest BCUT2D eigenvalue weighted by atomic mass is 16.1. The molecule has 1 aromatic carbocycles. The van der Waals surface area contributed by atoms with Crippen LogP contribution in [-0.4, -0.2) is 31.7 Å². The topological polar surface area (TPSA) is 72.7 Å². The van der Waals surface area contributed by atoms with E-state index < -0.39 is 0 Å². The minimum absolute atomic E-state index is 0.0558. The summed E-state index contributed by atoms with van der Waals surface area (Å²) in [4.78, 5) is 12.8. The Morgan fingerprint density at radius 3 is 2.21 bits per heavy atom. The van der Waals surface area contributed by atoms with Crippen molar-refractivity contribution in [3.8, 4) is 5.69 Å². The summed E-state index contributed by atoms with van der Waals surface area (Å²) < 4.78 is 1.58. The monoisotopic (exact) mass is 323 g/mol. The lowest BCUT2D eigenvalue weighted by Crippen LogP contribution is -2.59. The minimum atomic E-state index is 0.0558. The van der Waals surface area contributed by atoms with E-state index in [-0.39, 0.29) is 11.4 Å². The SMILES string of the molecule is O=C(NC12CC3CC(CC(C3)C1)C2)c1ccc(-n2cnnn2)cc1. The number of carbonyl (C=O) groups excluding carboxylic acids is 1. The minimum Gasteiger partial charge on any atom is -0.347 e. The van der Waals surface area contributed by atoms with E-state index in [4.69, 9.17) is 0 Å². The van der Waals surface area contributed by atoms with Crippen LogP contribution in [0, 0.1) is 17.8 Å². The summed E-state index contributed by atoms with van der Waals surface area (Å²) in [7, 11) is 0. The lowest BCUT2D eigenvalue weighted by molar-refractivity contribution is -0.0167. The zero-order chi connectivity index (χ0) is 16.1. The molecular formula is C18H21N5O. The van der Waals surface area contributed by atoms with Crippen molar-refractivity contribution in [2.45, 2.75) is 44.1 Å². The molecular weight excluding hydrogens is 302 g/mol. The zero-order valence-corrected chi connectivity index (χ0v) is 13.6. The summed E-state index contributed by atoms with van der Waals surface area (Å²) in [6, 6.07) is 7.47. The van der Waals surface area contributed by atoms with Crippen molar-refractivity contribution >= 4 is 5.91 Å². The third-order valence-electron chi connectivity index (χ3n) is 6.16. The van der Waals surface area contributed by atoms with E-state index >= 15 is 0 Å². The number of aromatic nitrogens is 4. The van der Waals surface area contributed by atoms with Crippen LogP contribution < -0.4 is 5.32 Å². The molecule has 1 heterocycles. The Kier molecular flexibility index (Phi) is 3.02. The maximum atomic E-state index is 12.8. The van der Waals surface area contributed by atoms with Gasteiger partial charge in [-0.05, 0) is 91.0 Å². The number of rotatable bonds is 3. The second-order valence-electron chi connectivity index (χ2n) is 7.95. The second kappa shape index (κ2) is 5.13. The smallest absolute Gasteiger partial charge is 0.251 e. The van der Waals surface area contributed by atoms with Gasteiger partial charge in [0.05, 0.1) is 5.69 Å². The zero-order valence-electron chi connectivity index (χ0n) is 13.6. The largest absolute Gasteiger partial charge is 0.347 e. The van der Waals surface area contributed by atoms with Gasteiger partial charge in [-0.1, -0.05) is 0 Å². The fourth-order valence-corrected chi connectivity index (χ4v) is 5.62. The van der Waals surface area contributed by atoms with Crippen molar-refractivity contribution < 1.29 is 4.79 Å². The third-order valence-corrected chi connectivity index (χ3v) is 6.16. The fourth-order valence-electron chi connectivity index (χ4n) is 5.62. The molecule has 124 valence electrons. The molecule has 0 atom stereocenters. The molecule has 0 aliphatic heterocycles. The first-order valence-corrected chi connectivity index (χ1v) is 8.85. The van der Waals surface area contributed by atoms with E-state index in [9.17, 15) is 4.79 Å². The molecule has 0 spiro atoms. The average molecular weight is 323 g/mol. The van der Waals surface area contributed by atoms with Crippen molar-refractivity contribution in [3.63, 3.8) is 0 Å². The van der Waals surface area contributed by atoms with Crippen molar-refractivity contribution in [1.29, 1.82) is 0 Å². The molecule has 24 heavy (non-hydrogen) atoms. The van der Waals surface area contributed by atoms with Gasteiger partial charge in [-0.15, -0.1) is 5.10 Å². The lowest BCUT2D eigenvalue weighted by atomic mass is 9.53. The van der Waals surface area contributed by atoms with E-state index in [2.05, 4.69) is 20.8 Å². The summed E-state index contributed by atoms with van der Waals surface area (Å²) in [5, 5.41) is 14.5. The van der Waals surface area contributed by atoms with Crippen LogP contribution in [0.1, 0.15) is 48.9 Å². The Morgan fingerprint density at radius 1 is 1.04 bits per heavy atom. The van der Waals surface area contributed by atoms with Gasteiger partial charge in [-0.2, -0.15) is 0 Å². The Bertz CT molecular complexity index is 717. The second-order valence-corrected chi connectivity index (χ2v) is 7.95. The Hall–Kier alpha value is -2.24. The van der Waals surface area contributed by atoms with Gasteiger partial charge >= 0.3 is 0 Å². The van der Waals surface area contributed by atoms with Gasteiger partial charge in [0.1, 0.15) is 6.33 Å². The predicted octanol–water partition coefficient (Wildman–Crippen LogP) is 2.36. The first-order valence-electron chi connectivity index (χ1n) is 8.85. The van der Waals surface area contributed by atoms with Crippen LogP contribution in [0.5, 0.6) is 0 Å². The molecule has 0 radical (unpaired) electrons. The maximum Gasteiger partial charge on any atom is 0.251 e. The van der Waals surface area contributed by atoms with Gasteiger partial charge in [0.2, 0.25) is 0 Å². The molecule has 6 heteroatoms. The molecule has 1 aromatic heterocycles. The number of hydrogen-bond acceptors (Lipinski definition) is 4. The summed E-state index contributed by atoms with van der Waals surface area (Å²) in [6.45, 7) is 0. The number of nitrogens with one attached hydrogen (secondary N) is 1. The molecule has 4 aliphatic carbocycles. The standard InChI is InChI=1S/C18H21N5O/c24-17(15-1-3-16(4-2-15)23-11-19-21-22-23)20-18-8-12-5-13(9-18)7-14(6-12)10-18/h1-4,11-14H,5-10H2,(H,20,24). The van der Waals surface area contributed by atoms with Crippen molar-refractivity contribution in [3.05, 3.63) is 36.2 Å². The first kappa shape index (κ1) is 14.1. The summed E-state index contributed by atoms with van der Waals surface area (Å²) in [5.41, 5.74) is 1.62. The highest BCUT2D eigenvalue weighted by molar-refractivity contribution is 5.94. The summed E-state index contributed by atoms with van der Waals surface area (Å²) >= 11 is 0. The Balaban J connectivity index is 1.34. The van der Waals surface area contributed by atoms with Crippen LogP contribution in [0.3, 0.4) is 0 Å². The van der Waals surface area contributed by atoms with Crippen LogP contribution >= 0.6 is 0 Å². The van der Waals surface area contributed by atoms with Crippen molar-refractivity contribution in [1.82, 2.24) is 25.5 Å². The maximum absolute atomic E-state index is 12.8. The summed E-state index contributed by atoms with van der Waals surface area (Å²) in [5.74, 6) is 2.55. The lowest BCUT2D eigenvalue weighted by Gasteiger charge is -2.56. The molecule has 6 nitrogen and oxygen atoms in total. The molecule has 4 aliphatic rings. The molecule has 0 unspecified atom stereocenters. The molecule has 0 saturated heterocycles. The number of carbonyl (C=O) groups is 1. The highest BCUT2D eigenvalue weighted by Gasteiger charge is 2.51. The van der Waals surface area contributed by atoms with Crippen LogP contribution in [0.4, 0.5) is 0 Å². The fraction of sp³-hybridized carbons (Fsp3) is 0.556. The van der Waals surface area contributed by atoms with Gasteiger partial charge in [-0.25, -0.2) is 4.68 Å².